The van der Waals surface area contributed by atoms with Gasteiger partial charge in [0.2, 0.25) is 24.3 Å². The Morgan fingerprint density at radius 3 is 1.00 bits per heavy atom. The first-order chi connectivity index (χ1) is 41.8. The third kappa shape index (κ3) is 11.8. The molecule has 0 aromatic heterocycles. The molecule has 0 radical (unpaired) electrons. The molecular formula is C38H66O31. The molecule has 30 atom stereocenters. The summed E-state index contributed by atoms with van der Waals surface area (Å²) >= 11 is 0. The van der Waals surface area contributed by atoms with E-state index in [0.717, 1.165) is 7.11 Å². The topological polar surface area (TPSA) is 484 Å². The summed E-state index contributed by atoms with van der Waals surface area (Å²) in [6.07, 6.45) is -50.9. The van der Waals surface area contributed by atoms with Crippen molar-refractivity contribution >= 4 is 0 Å². The van der Waals surface area contributed by atoms with Gasteiger partial charge in [-0.05, 0) is 0 Å². The van der Waals surface area contributed by atoms with Crippen LogP contribution in [0.1, 0.15) is 0 Å². The molecule has 18 N–H and O–H groups in total. The Kier molecular flexibility index (Phi) is 13.5. The number of hydrogen-bond acceptors (Lipinski definition) is 31. The summed E-state index contributed by atoms with van der Waals surface area (Å²) in [5.41, 5.74) is 0. The molecule has 404 valence electrons. The third-order valence-corrected chi connectivity index (χ3v) is 12.5. The molecule has 6 aliphatic heterocycles. The molecule has 0 aromatic rings. The van der Waals surface area contributed by atoms with Crippen LogP contribution in [0.5, 0.6) is 0 Å². The van der Waals surface area contributed by atoms with Crippen LogP contribution < -0.4 is 0 Å². The van der Waals surface area contributed by atoms with Crippen LogP contribution >= 0.6 is 0 Å². The highest BCUT2D eigenvalue weighted by Crippen LogP contribution is 2.36. The Bertz CT molecular complexity index is 1890. The number of aliphatic hydroxyl groups excluding tert-OH is 18. The molecule has 0 spiro atoms. The van der Waals surface area contributed by atoms with Gasteiger partial charge in [0.15, 0.2) is 37.7 Å². The van der Waals surface area contributed by atoms with Crippen LogP contribution in [-0.2, 0) is 61.6 Å². The largest absolute Gasteiger partial charge is 0.394 e. The fourth-order valence-electron chi connectivity index (χ4n) is 8.62. The number of ether oxygens (including phenoxy) is 13. The van der Waals surface area contributed by atoms with Crippen LogP contribution in [0.3, 0.4) is 0 Å². The molecule has 6 rings (SSSR count). The summed E-state index contributed by atoms with van der Waals surface area (Å²) in [7, 11) is 2.36. The third-order valence-electron chi connectivity index (χ3n) is 12.5. The lowest BCUT2D eigenvalue weighted by atomic mass is 9.95. The Hall–Kier alpha value is -1.24. The number of aliphatic hydroxyl groups is 18. The highest BCUT2D eigenvalue weighted by molar-refractivity contribution is 4.99. The summed E-state index contributed by atoms with van der Waals surface area (Å²) in [6.45, 7) is -4.13. The average Bonchev–Trinajstić information content (AvgIpc) is 1.04. The van der Waals surface area contributed by atoms with Gasteiger partial charge in [-0.1, -0.05) is 0 Å². The van der Waals surface area contributed by atoms with Crippen LogP contribution in [0, 0.1) is 0 Å². The van der Waals surface area contributed by atoms with E-state index in [9.17, 15) is 5.11 Å². The minimum Gasteiger partial charge on any atom is -0.394 e. The molecule has 6 saturated heterocycles. The Labute approximate surface area is 416 Å². The summed E-state index contributed by atoms with van der Waals surface area (Å²) in [6, 6.07) is 0. The molecular weight excluding hydrogens is 952 g/mol. The van der Waals surface area contributed by atoms with Crippen molar-refractivity contribution in [3.8, 4) is 0 Å². The predicted octanol–water partition coefficient (Wildman–Crippen LogP) is -12.8. The zero-order valence-corrected chi connectivity index (χ0v) is 36.3. The molecule has 30 unspecified atom stereocenters. The van der Waals surface area contributed by atoms with E-state index >= 15 is 0 Å². The second kappa shape index (κ2) is 24.9. The zero-order valence-electron chi connectivity index (χ0n) is 53.3. The molecule has 69 heavy (non-hydrogen) atoms. The quantitative estimate of drug-likeness (QED) is 0.0280. The second-order valence-electron chi connectivity index (χ2n) is 16.8. The van der Waals surface area contributed by atoms with Crippen molar-refractivity contribution in [1.29, 1.82) is 24.3 Å². The van der Waals surface area contributed by atoms with Gasteiger partial charge in [0.1, 0.15) is 146 Å². The molecule has 0 aromatic carbocycles. The smallest absolute Gasteiger partial charge is 0.211 e. The van der Waals surface area contributed by atoms with Gasteiger partial charge < -0.3 is 154 Å². The van der Waals surface area contributed by atoms with Gasteiger partial charge in [-0.25, -0.2) is 0 Å². The van der Waals surface area contributed by atoms with Crippen LogP contribution in [0.4, 0.5) is 0 Å². The number of hydrogen-bond donors (Lipinski definition) is 18. The molecule has 0 bridgehead atoms. The van der Waals surface area contributed by atoms with E-state index < -0.39 is 224 Å². The number of methoxy groups -OCH3 is 2. The van der Waals surface area contributed by atoms with Gasteiger partial charge in [0.05, 0.1) is 39.6 Å². The van der Waals surface area contributed by atoms with Gasteiger partial charge in [-0.2, -0.15) is 0 Å². The summed E-state index contributed by atoms with van der Waals surface area (Å²) in [5, 5.41) is 92.2. The maximum Gasteiger partial charge on any atom is 0.211 e. The highest BCUT2D eigenvalue weighted by Gasteiger charge is 2.57. The molecule has 0 aliphatic carbocycles. The van der Waals surface area contributed by atoms with Crippen molar-refractivity contribution in [2.45, 2.75) is 184 Å². The van der Waals surface area contributed by atoms with Gasteiger partial charge in [0.25, 0.3) is 0 Å². The molecule has 0 amide bonds. The molecule has 31 heteroatoms. The standard InChI is InChI=1S/C38H66O31/c1-57-28-10(4-40)61-35(24(53)17(28)46)66-29-11(5-41)62-36(25(54)19(29)48)67-30-12(6-42)63-37(26(55)20(30)49)68-31-13(7-43)64-38(27(56)21(31)50)69-32-14(65-33(58-2)23(52)18(32)47)8-59-34-22(51)16(45)15(44)9(3-39)60-34/h9-56H,3-8H2,1-2H3/i39D,40D,41D,42D,43D,44D,45D,46D,47D,48D,49D,50D,52D,53D,54D,55D,56D. The highest BCUT2D eigenvalue weighted by atomic mass is 16.8. The zero-order chi connectivity index (χ0) is 62.8. The lowest BCUT2D eigenvalue weighted by Gasteiger charge is -2.49. The van der Waals surface area contributed by atoms with Gasteiger partial charge in [-0.15, -0.1) is 0 Å². The van der Waals surface area contributed by atoms with E-state index in [1.165, 1.54) is 7.11 Å². The first kappa shape index (κ1) is 37.5. The summed E-state index contributed by atoms with van der Waals surface area (Å²) in [4.78, 5) is 0. The fourth-order valence-corrected chi connectivity index (χ4v) is 8.62. The van der Waals surface area contributed by atoms with Gasteiger partial charge in [-0.3, -0.25) is 0 Å². The normalized spacial score (nSPS) is 55.4. The number of rotatable bonds is 35. The van der Waals surface area contributed by atoms with E-state index in [-0.39, 0.29) is 0 Å². The minimum absolute atomic E-state index is 0.487. The molecule has 6 heterocycles. The van der Waals surface area contributed by atoms with Crippen molar-refractivity contribution in [2.75, 3.05) is 53.9 Å². The van der Waals surface area contributed by atoms with Crippen molar-refractivity contribution in [3.05, 3.63) is 0 Å². The Balaban J connectivity index is 1.25. The maximum absolute atomic E-state index is 11.0. The van der Waals surface area contributed by atoms with Crippen molar-refractivity contribution < 1.29 is 154 Å². The van der Waals surface area contributed by atoms with Crippen LogP contribution in [0.15, 0.2) is 0 Å². The van der Waals surface area contributed by atoms with Gasteiger partial charge in [0, 0.05) is 14.2 Å². The van der Waals surface area contributed by atoms with E-state index in [4.69, 9.17) is 137 Å². The van der Waals surface area contributed by atoms with E-state index in [0.29, 0.717) is 0 Å². The van der Waals surface area contributed by atoms with Crippen LogP contribution in [-0.4, -0.2) is 354 Å². The molecule has 6 aliphatic rings. The van der Waals surface area contributed by atoms with E-state index in [1.807, 2.05) is 0 Å². The van der Waals surface area contributed by atoms with Gasteiger partial charge >= 0.3 is 0 Å². The van der Waals surface area contributed by atoms with Crippen molar-refractivity contribution in [3.63, 3.8) is 0 Å². The molecule has 0 saturated carbocycles. The second-order valence-corrected chi connectivity index (χ2v) is 16.8. The van der Waals surface area contributed by atoms with Crippen LogP contribution in [0.25, 0.3) is 0 Å². The van der Waals surface area contributed by atoms with Crippen molar-refractivity contribution in [2.24, 2.45) is 0 Å². The summed E-state index contributed by atoms with van der Waals surface area (Å²) < 4.78 is 209. The average molecular weight is 1040 g/mol. The predicted molar refractivity (Wildman–Crippen MR) is 209 cm³/mol. The summed E-state index contributed by atoms with van der Waals surface area (Å²) in [5.74, 6) is 0. The monoisotopic (exact) mass is 1040 g/mol. The van der Waals surface area contributed by atoms with Crippen molar-refractivity contribution in [1.82, 2.24) is 0 Å². The van der Waals surface area contributed by atoms with E-state index in [1.54, 1.807) is 0 Å². The first-order valence-corrected chi connectivity index (χ1v) is 21.5. The lowest BCUT2D eigenvalue weighted by molar-refractivity contribution is -0.394. The minimum atomic E-state index is -2.02. The molecule has 31 nitrogen and oxygen atoms in total. The Morgan fingerprint density at radius 1 is 0.319 bits per heavy atom. The van der Waals surface area contributed by atoms with E-state index in [2.05, 4.69) is 35.8 Å². The first-order valence-electron chi connectivity index (χ1n) is 28.4. The van der Waals surface area contributed by atoms with Crippen LogP contribution in [0.2, 0.25) is 0 Å². The molecule has 6 fully saturated rings. The fraction of sp³-hybridized carbons (Fsp3) is 1.00. The SMILES string of the molecule is [2H]OCC1OC(OCC2OC(OC)C(O[2H])C(O[2H])C2OC2OC(CO[2H])C(OC3OC(CO[2H])C(OC4OC(CO[2H])C(OC5OC(CO[2H])C(OC)C(O[2H])C5O[2H])C(O[2H])C4O[2H])C(O[2H])C3O[2H])C(O[2H])C2O[2H])C(O)C(O[2H])C1O[2H]. The lowest BCUT2D eigenvalue weighted by Crippen LogP contribution is -2.68. The Morgan fingerprint density at radius 2 is 0.638 bits per heavy atom. The maximum atomic E-state index is 11.0.